The number of hydrogen-bond acceptors (Lipinski definition) is 5. The Hall–Kier alpha value is -3.22. The number of fused-ring (bicyclic) bond motifs is 1. The van der Waals surface area contributed by atoms with Crippen molar-refractivity contribution in [2.24, 2.45) is 0 Å². The predicted octanol–water partition coefficient (Wildman–Crippen LogP) is 1.66. The van der Waals surface area contributed by atoms with Gasteiger partial charge in [-0.1, -0.05) is 18.2 Å². The number of hydrogen-bond donors (Lipinski definition) is 1. The SMILES string of the molecule is O=C(NCCn1nc(C2CC2)ccc1=O)c1cc2ccccc2oc1=O. The molecule has 7 heteroatoms. The molecule has 0 atom stereocenters. The second-order valence-corrected chi connectivity index (χ2v) is 6.34. The van der Waals surface area contributed by atoms with Crippen molar-refractivity contribution in [3.63, 3.8) is 0 Å². The minimum atomic E-state index is -0.688. The van der Waals surface area contributed by atoms with E-state index in [1.807, 2.05) is 0 Å². The standard InChI is InChI=1S/C19H17N3O4/c23-17-8-7-15(12-5-6-12)21-22(17)10-9-20-18(24)14-11-13-3-1-2-4-16(13)26-19(14)25/h1-4,7-8,11-12H,5-6,9-10H2,(H,20,24). The molecule has 1 fully saturated rings. The van der Waals surface area contributed by atoms with E-state index >= 15 is 0 Å². The number of carbonyl (C=O) groups is 1. The molecule has 7 nitrogen and oxygen atoms in total. The van der Waals surface area contributed by atoms with Crippen molar-refractivity contribution in [2.75, 3.05) is 6.54 Å². The average Bonchev–Trinajstić information content (AvgIpc) is 3.47. The second-order valence-electron chi connectivity index (χ2n) is 6.34. The average molecular weight is 351 g/mol. The predicted molar refractivity (Wildman–Crippen MR) is 95.3 cm³/mol. The van der Waals surface area contributed by atoms with Crippen molar-refractivity contribution in [3.05, 3.63) is 74.5 Å². The summed E-state index contributed by atoms with van der Waals surface area (Å²) in [6.07, 6.45) is 2.19. The lowest BCUT2D eigenvalue weighted by Crippen LogP contribution is -2.34. The van der Waals surface area contributed by atoms with E-state index in [1.54, 1.807) is 30.3 Å². The largest absolute Gasteiger partial charge is 0.422 e. The Kier molecular flexibility index (Phi) is 4.12. The molecule has 1 amide bonds. The van der Waals surface area contributed by atoms with Crippen LogP contribution in [-0.2, 0) is 6.54 Å². The van der Waals surface area contributed by atoms with Crippen LogP contribution in [0.2, 0.25) is 0 Å². The van der Waals surface area contributed by atoms with Gasteiger partial charge in [-0.15, -0.1) is 0 Å². The monoisotopic (exact) mass is 351 g/mol. The van der Waals surface area contributed by atoms with Gasteiger partial charge in [-0.25, -0.2) is 9.48 Å². The van der Waals surface area contributed by atoms with Gasteiger partial charge in [-0.2, -0.15) is 5.10 Å². The molecule has 1 aliphatic rings. The van der Waals surface area contributed by atoms with Crippen LogP contribution >= 0.6 is 0 Å². The molecule has 0 unspecified atom stereocenters. The summed E-state index contributed by atoms with van der Waals surface area (Å²) in [6, 6.07) is 11.8. The fraction of sp³-hybridized carbons (Fsp3) is 0.263. The highest BCUT2D eigenvalue weighted by Gasteiger charge is 2.25. The fourth-order valence-corrected chi connectivity index (χ4v) is 2.81. The van der Waals surface area contributed by atoms with Gasteiger partial charge in [0.15, 0.2) is 0 Å². The molecule has 0 spiro atoms. The third-order valence-corrected chi connectivity index (χ3v) is 4.38. The maximum absolute atomic E-state index is 12.3. The molecule has 1 aromatic carbocycles. The maximum atomic E-state index is 12.3. The number of benzene rings is 1. The summed E-state index contributed by atoms with van der Waals surface area (Å²) in [5.41, 5.74) is 0.379. The molecule has 4 rings (SSSR count). The highest BCUT2D eigenvalue weighted by atomic mass is 16.4. The molecule has 2 heterocycles. The van der Waals surface area contributed by atoms with Crippen LogP contribution in [0.3, 0.4) is 0 Å². The van der Waals surface area contributed by atoms with Gasteiger partial charge in [0.05, 0.1) is 12.2 Å². The zero-order valence-corrected chi connectivity index (χ0v) is 14.0. The molecule has 3 aromatic rings. The Balaban J connectivity index is 1.46. The summed E-state index contributed by atoms with van der Waals surface area (Å²) in [5, 5.41) is 7.65. The Morgan fingerprint density at radius 3 is 2.81 bits per heavy atom. The van der Waals surface area contributed by atoms with Crippen LogP contribution in [0.4, 0.5) is 0 Å². The third kappa shape index (κ3) is 3.28. The molecule has 0 bridgehead atoms. The van der Waals surface area contributed by atoms with E-state index in [0.29, 0.717) is 16.9 Å². The molecule has 26 heavy (non-hydrogen) atoms. The van der Waals surface area contributed by atoms with Crippen LogP contribution < -0.4 is 16.5 Å². The van der Waals surface area contributed by atoms with E-state index in [9.17, 15) is 14.4 Å². The number of carbonyl (C=O) groups excluding carboxylic acids is 1. The molecule has 132 valence electrons. The first kappa shape index (κ1) is 16.3. The lowest BCUT2D eigenvalue weighted by Gasteiger charge is -2.08. The van der Waals surface area contributed by atoms with Crippen LogP contribution in [0.1, 0.15) is 34.8 Å². The van der Waals surface area contributed by atoms with Crippen LogP contribution in [-0.4, -0.2) is 22.2 Å². The molecule has 1 N–H and O–H groups in total. The zero-order chi connectivity index (χ0) is 18.1. The molecular weight excluding hydrogens is 334 g/mol. The minimum absolute atomic E-state index is 0.0595. The van der Waals surface area contributed by atoms with E-state index in [2.05, 4.69) is 10.4 Å². The maximum Gasteiger partial charge on any atom is 0.349 e. The zero-order valence-electron chi connectivity index (χ0n) is 14.0. The van der Waals surface area contributed by atoms with Crippen LogP contribution in [0.5, 0.6) is 0 Å². The van der Waals surface area contributed by atoms with Crippen molar-refractivity contribution in [2.45, 2.75) is 25.3 Å². The fourth-order valence-electron chi connectivity index (χ4n) is 2.81. The summed E-state index contributed by atoms with van der Waals surface area (Å²) in [7, 11) is 0. The topological polar surface area (TPSA) is 94.2 Å². The van der Waals surface area contributed by atoms with Crippen LogP contribution in [0.15, 0.2) is 56.5 Å². The third-order valence-electron chi connectivity index (χ3n) is 4.38. The highest BCUT2D eigenvalue weighted by Crippen LogP contribution is 2.38. The van der Waals surface area contributed by atoms with E-state index in [0.717, 1.165) is 18.5 Å². The van der Waals surface area contributed by atoms with Gasteiger partial charge in [-0.05, 0) is 31.0 Å². The number of nitrogens with zero attached hydrogens (tertiary/aromatic N) is 2. The molecule has 0 saturated heterocycles. The van der Waals surface area contributed by atoms with E-state index in [1.165, 1.54) is 16.8 Å². The van der Waals surface area contributed by atoms with Crippen molar-refractivity contribution < 1.29 is 9.21 Å². The molecule has 2 aromatic heterocycles. The Morgan fingerprint density at radius 1 is 1.19 bits per heavy atom. The number of rotatable bonds is 5. The summed E-state index contributed by atoms with van der Waals surface area (Å²) in [6.45, 7) is 0.427. The quantitative estimate of drug-likeness (QED) is 0.706. The molecule has 0 radical (unpaired) electrons. The second kappa shape index (κ2) is 6.59. The van der Waals surface area contributed by atoms with Gasteiger partial charge in [0, 0.05) is 23.9 Å². The number of aromatic nitrogens is 2. The Labute approximate surface area is 148 Å². The van der Waals surface area contributed by atoms with Crippen molar-refractivity contribution in [1.29, 1.82) is 0 Å². The first-order valence-corrected chi connectivity index (χ1v) is 8.51. The first-order chi connectivity index (χ1) is 12.6. The van der Waals surface area contributed by atoms with E-state index in [-0.39, 0.29) is 24.2 Å². The van der Waals surface area contributed by atoms with E-state index in [4.69, 9.17) is 4.42 Å². The normalized spacial score (nSPS) is 13.7. The number of amides is 1. The van der Waals surface area contributed by atoms with Gasteiger partial charge < -0.3 is 9.73 Å². The first-order valence-electron chi connectivity index (χ1n) is 8.51. The number of nitrogens with one attached hydrogen (secondary N) is 1. The van der Waals surface area contributed by atoms with Crippen LogP contribution in [0, 0.1) is 0 Å². The molecular formula is C19H17N3O4. The van der Waals surface area contributed by atoms with E-state index < -0.39 is 11.5 Å². The molecule has 1 saturated carbocycles. The Bertz CT molecular complexity index is 1100. The number of para-hydroxylation sites is 1. The van der Waals surface area contributed by atoms with Crippen LogP contribution in [0.25, 0.3) is 11.0 Å². The lowest BCUT2D eigenvalue weighted by molar-refractivity contribution is 0.0948. The van der Waals surface area contributed by atoms with Gasteiger partial charge in [0.1, 0.15) is 11.1 Å². The minimum Gasteiger partial charge on any atom is -0.422 e. The van der Waals surface area contributed by atoms with Crippen molar-refractivity contribution >= 4 is 16.9 Å². The van der Waals surface area contributed by atoms with Gasteiger partial charge in [0.25, 0.3) is 11.5 Å². The summed E-state index contributed by atoms with van der Waals surface area (Å²) >= 11 is 0. The summed E-state index contributed by atoms with van der Waals surface area (Å²) < 4.78 is 6.51. The highest BCUT2D eigenvalue weighted by molar-refractivity contribution is 5.96. The lowest BCUT2D eigenvalue weighted by atomic mass is 10.2. The molecule has 1 aliphatic carbocycles. The van der Waals surface area contributed by atoms with Gasteiger partial charge in [-0.3, -0.25) is 9.59 Å². The van der Waals surface area contributed by atoms with Gasteiger partial charge >= 0.3 is 5.63 Å². The van der Waals surface area contributed by atoms with Crippen molar-refractivity contribution in [1.82, 2.24) is 15.1 Å². The Morgan fingerprint density at radius 2 is 2.00 bits per heavy atom. The van der Waals surface area contributed by atoms with Crippen molar-refractivity contribution in [3.8, 4) is 0 Å². The smallest absolute Gasteiger partial charge is 0.349 e. The molecule has 0 aliphatic heterocycles. The van der Waals surface area contributed by atoms with Gasteiger partial charge in [0.2, 0.25) is 0 Å². The summed E-state index contributed by atoms with van der Waals surface area (Å²) in [4.78, 5) is 36.2. The summed E-state index contributed by atoms with van der Waals surface area (Å²) in [5.74, 6) is -0.0884.